The molecule has 0 aromatic rings. The molecule has 0 spiro atoms. The molecular formula is C15H22O4. The van der Waals surface area contributed by atoms with Crippen molar-refractivity contribution in [2.45, 2.75) is 82.4 Å². The van der Waals surface area contributed by atoms with Gasteiger partial charge in [0.05, 0.1) is 29.8 Å². The highest BCUT2D eigenvalue weighted by Gasteiger charge is 2.55. The molecule has 4 heteroatoms. The molecular weight excluding hydrogens is 244 g/mol. The van der Waals surface area contributed by atoms with Gasteiger partial charge in [-0.15, -0.1) is 0 Å². The van der Waals surface area contributed by atoms with Crippen LogP contribution in [0.15, 0.2) is 0 Å². The van der Waals surface area contributed by atoms with Crippen LogP contribution in [0.25, 0.3) is 0 Å². The number of hydrogen-bond acceptors (Lipinski definition) is 4. The van der Waals surface area contributed by atoms with Gasteiger partial charge in [0, 0.05) is 6.42 Å². The average molecular weight is 266 g/mol. The van der Waals surface area contributed by atoms with Crippen LogP contribution in [0.2, 0.25) is 0 Å². The average Bonchev–Trinajstić information content (AvgIpc) is 3.21. The van der Waals surface area contributed by atoms with Crippen molar-refractivity contribution in [2.75, 3.05) is 0 Å². The topological polar surface area (TPSA) is 51.4 Å². The maximum Gasteiger partial charge on any atom is 0.312 e. The predicted octanol–water partition coefficient (Wildman–Crippen LogP) is 2.20. The molecule has 0 amide bonds. The first kappa shape index (κ1) is 12.2. The number of carbonyl (C=O) groups is 1. The van der Waals surface area contributed by atoms with E-state index >= 15 is 0 Å². The summed E-state index contributed by atoms with van der Waals surface area (Å²) in [6.07, 6.45) is 7.05. The van der Waals surface area contributed by atoms with Crippen LogP contribution < -0.4 is 0 Å². The lowest BCUT2D eigenvalue weighted by Gasteiger charge is -2.37. The minimum atomic E-state index is -0.345. The molecule has 0 aromatic heterocycles. The Morgan fingerprint density at radius 1 is 1.00 bits per heavy atom. The number of hydrogen-bond donors (Lipinski definition) is 0. The Kier molecular flexibility index (Phi) is 2.39. The molecule has 2 saturated carbocycles. The summed E-state index contributed by atoms with van der Waals surface area (Å²) in [6, 6.07) is 0. The number of carbonyl (C=O) groups excluding carboxylic acids is 1. The van der Waals surface area contributed by atoms with Gasteiger partial charge >= 0.3 is 5.97 Å². The molecule has 2 heterocycles. The zero-order chi connectivity index (χ0) is 13.3. The molecule has 0 bridgehead atoms. The molecule has 4 rings (SSSR count). The van der Waals surface area contributed by atoms with Crippen molar-refractivity contribution < 1.29 is 19.0 Å². The maximum atomic E-state index is 12.6. The van der Waals surface area contributed by atoms with Gasteiger partial charge in [-0.05, 0) is 46.0 Å². The van der Waals surface area contributed by atoms with E-state index in [9.17, 15) is 4.79 Å². The third-order valence-electron chi connectivity index (χ3n) is 5.43. The molecule has 106 valence electrons. The summed E-state index contributed by atoms with van der Waals surface area (Å²) in [5, 5.41) is 0. The van der Waals surface area contributed by atoms with Crippen molar-refractivity contribution in [3.63, 3.8) is 0 Å². The van der Waals surface area contributed by atoms with E-state index in [4.69, 9.17) is 14.2 Å². The Bertz CT molecular complexity index is 422. The Labute approximate surface area is 113 Å². The standard InChI is InChI=1S/C15H22O4/c1-14(5-3-9-11(7-14)17-9)13(16)19-15(2)6-4-10-12(8-15)18-10/h9-12H,3-8H2,1-2H3. The largest absolute Gasteiger partial charge is 0.459 e. The van der Waals surface area contributed by atoms with Gasteiger partial charge in [-0.3, -0.25) is 4.79 Å². The second kappa shape index (κ2) is 3.73. The minimum absolute atomic E-state index is 0.0250. The van der Waals surface area contributed by atoms with Crippen LogP contribution >= 0.6 is 0 Å². The van der Waals surface area contributed by atoms with Crippen LogP contribution in [-0.4, -0.2) is 36.0 Å². The number of fused-ring (bicyclic) bond motifs is 2. The zero-order valence-corrected chi connectivity index (χ0v) is 11.7. The van der Waals surface area contributed by atoms with Crippen LogP contribution in [0.4, 0.5) is 0 Å². The molecule has 6 unspecified atom stereocenters. The van der Waals surface area contributed by atoms with E-state index in [1.165, 1.54) is 0 Å². The lowest BCUT2D eigenvalue weighted by Crippen LogP contribution is -2.43. The molecule has 6 atom stereocenters. The first-order valence-electron chi connectivity index (χ1n) is 7.52. The molecule has 0 aromatic carbocycles. The Balaban J connectivity index is 1.42. The van der Waals surface area contributed by atoms with E-state index in [0.29, 0.717) is 24.4 Å². The lowest BCUT2D eigenvalue weighted by atomic mass is 9.75. The second-order valence-corrected chi connectivity index (χ2v) is 7.31. The van der Waals surface area contributed by atoms with Crippen LogP contribution in [0.3, 0.4) is 0 Å². The van der Waals surface area contributed by atoms with Crippen molar-refractivity contribution in [3.05, 3.63) is 0 Å². The van der Waals surface area contributed by atoms with Crippen molar-refractivity contribution in [1.82, 2.24) is 0 Å². The molecule has 4 nitrogen and oxygen atoms in total. The molecule has 0 N–H and O–H groups in total. The third-order valence-corrected chi connectivity index (χ3v) is 5.43. The first-order valence-corrected chi connectivity index (χ1v) is 7.52. The van der Waals surface area contributed by atoms with Gasteiger partial charge in [0.2, 0.25) is 0 Å². The fourth-order valence-corrected chi connectivity index (χ4v) is 3.83. The summed E-state index contributed by atoms with van der Waals surface area (Å²) in [6.45, 7) is 4.10. The van der Waals surface area contributed by atoms with E-state index < -0.39 is 0 Å². The van der Waals surface area contributed by atoms with Crippen LogP contribution in [-0.2, 0) is 19.0 Å². The van der Waals surface area contributed by atoms with Crippen LogP contribution in [0, 0.1) is 5.41 Å². The van der Waals surface area contributed by atoms with Crippen molar-refractivity contribution in [3.8, 4) is 0 Å². The Morgan fingerprint density at radius 3 is 2.26 bits per heavy atom. The molecule has 2 aliphatic carbocycles. The zero-order valence-electron chi connectivity index (χ0n) is 11.7. The van der Waals surface area contributed by atoms with Crippen molar-refractivity contribution >= 4 is 5.97 Å². The maximum absolute atomic E-state index is 12.6. The minimum Gasteiger partial charge on any atom is -0.459 e. The monoisotopic (exact) mass is 266 g/mol. The van der Waals surface area contributed by atoms with Crippen LogP contribution in [0.1, 0.15) is 52.4 Å². The van der Waals surface area contributed by atoms with Crippen LogP contribution in [0.5, 0.6) is 0 Å². The second-order valence-electron chi connectivity index (χ2n) is 7.31. The van der Waals surface area contributed by atoms with Gasteiger partial charge in [0.15, 0.2) is 0 Å². The molecule has 2 saturated heterocycles. The predicted molar refractivity (Wildman–Crippen MR) is 67.6 cm³/mol. The van der Waals surface area contributed by atoms with E-state index in [1.54, 1.807) is 0 Å². The first-order chi connectivity index (χ1) is 8.97. The molecule has 4 aliphatic rings. The third kappa shape index (κ3) is 2.09. The van der Waals surface area contributed by atoms with Gasteiger partial charge < -0.3 is 14.2 Å². The number of epoxide rings is 2. The summed E-state index contributed by atoms with van der Waals surface area (Å²) >= 11 is 0. The summed E-state index contributed by atoms with van der Waals surface area (Å²) in [5.41, 5.74) is -0.666. The summed E-state index contributed by atoms with van der Waals surface area (Å²) < 4.78 is 17.0. The Hall–Kier alpha value is -0.610. The number of rotatable bonds is 2. The SMILES string of the molecule is CC1(OC(=O)C2(C)CCC3OC3C2)CCC2OC2C1. The van der Waals surface area contributed by atoms with Gasteiger partial charge in [-0.1, -0.05) is 0 Å². The summed E-state index contributed by atoms with van der Waals surface area (Å²) in [5.74, 6) is -0.0250. The molecule has 0 radical (unpaired) electrons. The molecule has 4 fully saturated rings. The van der Waals surface area contributed by atoms with E-state index in [2.05, 4.69) is 6.92 Å². The number of esters is 1. The van der Waals surface area contributed by atoms with Gasteiger partial charge in [-0.25, -0.2) is 0 Å². The normalized spacial score (nSPS) is 54.8. The van der Waals surface area contributed by atoms with Gasteiger partial charge in [-0.2, -0.15) is 0 Å². The molecule has 2 aliphatic heterocycles. The quantitative estimate of drug-likeness (QED) is 0.568. The fourth-order valence-electron chi connectivity index (χ4n) is 3.83. The highest BCUT2D eigenvalue weighted by atomic mass is 16.6. The highest BCUT2D eigenvalue weighted by Crippen LogP contribution is 2.49. The number of ether oxygens (including phenoxy) is 3. The van der Waals surface area contributed by atoms with Crippen molar-refractivity contribution in [2.24, 2.45) is 5.41 Å². The van der Waals surface area contributed by atoms with E-state index in [1.807, 2.05) is 6.92 Å². The highest BCUT2D eigenvalue weighted by molar-refractivity contribution is 5.77. The molecule has 19 heavy (non-hydrogen) atoms. The van der Waals surface area contributed by atoms with Gasteiger partial charge in [0.25, 0.3) is 0 Å². The van der Waals surface area contributed by atoms with E-state index in [-0.39, 0.29) is 17.0 Å². The van der Waals surface area contributed by atoms with E-state index in [0.717, 1.165) is 38.5 Å². The van der Waals surface area contributed by atoms with Gasteiger partial charge in [0.1, 0.15) is 5.60 Å². The smallest absolute Gasteiger partial charge is 0.312 e. The fraction of sp³-hybridized carbons (Fsp3) is 0.933. The summed E-state index contributed by atoms with van der Waals surface area (Å²) in [7, 11) is 0. The Morgan fingerprint density at radius 2 is 1.63 bits per heavy atom. The summed E-state index contributed by atoms with van der Waals surface area (Å²) in [4.78, 5) is 12.6. The van der Waals surface area contributed by atoms with Crippen molar-refractivity contribution in [1.29, 1.82) is 0 Å². The lowest BCUT2D eigenvalue weighted by molar-refractivity contribution is -0.174.